The molecule has 2 aromatic rings. The molecule has 1 saturated heterocycles. The smallest absolute Gasteiger partial charge is 0.234 e. The Balaban J connectivity index is 1.30. The van der Waals surface area contributed by atoms with Crippen LogP contribution in [-0.2, 0) is 9.59 Å². The molecule has 2 aliphatic rings. The number of likely N-dealkylation sites (tertiary alicyclic amines) is 1. The first kappa shape index (κ1) is 22.6. The zero-order valence-electron chi connectivity index (χ0n) is 19.0. The van der Waals surface area contributed by atoms with E-state index in [1.165, 1.54) is 32.1 Å². The summed E-state index contributed by atoms with van der Waals surface area (Å²) in [6.45, 7) is 1.39. The molecule has 1 aliphatic heterocycles. The normalized spacial score (nSPS) is 18.0. The van der Waals surface area contributed by atoms with Crippen LogP contribution in [0.4, 0.5) is 0 Å². The van der Waals surface area contributed by atoms with Crippen LogP contribution in [0.5, 0.6) is 0 Å². The van der Waals surface area contributed by atoms with Crippen molar-refractivity contribution in [3.63, 3.8) is 0 Å². The summed E-state index contributed by atoms with van der Waals surface area (Å²) >= 11 is 0. The number of nitrogens with one attached hydrogen (secondary N) is 1. The zero-order valence-corrected chi connectivity index (χ0v) is 19.0. The van der Waals surface area contributed by atoms with Gasteiger partial charge in [0.25, 0.3) is 0 Å². The van der Waals surface area contributed by atoms with E-state index in [2.05, 4.69) is 5.32 Å². The Hall–Kier alpha value is -2.62. The first-order chi connectivity index (χ1) is 15.7. The van der Waals surface area contributed by atoms with E-state index in [4.69, 9.17) is 0 Å². The molecule has 1 saturated carbocycles. The largest absolute Gasteiger partial charge is 0.353 e. The van der Waals surface area contributed by atoms with E-state index in [9.17, 15) is 9.59 Å². The van der Waals surface area contributed by atoms with Gasteiger partial charge in [0.15, 0.2) is 0 Å². The van der Waals surface area contributed by atoms with Crippen molar-refractivity contribution in [1.29, 1.82) is 0 Å². The fourth-order valence-corrected chi connectivity index (χ4v) is 5.31. The van der Waals surface area contributed by atoms with Crippen molar-refractivity contribution in [3.05, 3.63) is 71.8 Å². The van der Waals surface area contributed by atoms with Gasteiger partial charge in [-0.3, -0.25) is 9.59 Å². The Morgan fingerprint density at radius 2 is 1.38 bits per heavy atom. The fraction of sp³-hybridized carbons (Fsp3) is 0.500. The van der Waals surface area contributed by atoms with Crippen LogP contribution in [0.1, 0.15) is 74.8 Å². The average molecular weight is 433 g/mol. The van der Waals surface area contributed by atoms with Crippen molar-refractivity contribution in [2.45, 2.75) is 69.7 Å². The van der Waals surface area contributed by atoms with E-state index >= 15 is 0 Å². The molecule has 1 aliphatic carbocycles. The van der Waals surface area contributed by atoms with Gasteiger partial charge in [-0.25, -0.2) is 0 Å². The molecule has 1 heterocycles. The maximum Gasteiger partial charge on any atom is 0.234 e. The van der Waals surface area contributed by atoms with Gasteiger partial charge in [-0.2, -0.15) is 0 Å². The molecule has 170 valence electrons. The monoisotopic (exact) mass is 432 g/mol. The molecule has 4 rings (SSSR count). The van der Waals surface area contributed by atoms with Crippen LogP contribution < -0.4 is 5.32 Å². The first-order valence-corrected chi connectivity index (χ1v) is 12.4. The highest BCUT2D eigenvalue weighted by atomic mass is 16.2. The lowest BCUT2D eigenvalue weighted by Gasteiger charge is -2.35. The minimum Gasteiger partial charge on any atom is -0.353 e. The lowest BCUT2D eigenvalue weighted by Crippen LogP contribution is -2.47. The number of carbonyl (C=O) groups excluding carboxylic acids is 2. The summed E-state index contributed by atoms with van der Waals surface area (Å²) in [7, 11) is 0. The number of amides is 2. The second-order valence-corrected chi connectivity index (χ2v) is 9.46. The number of benzene rings is 2. The quantitative estimate of drug-likeness (QED) is 0.647. The second kappa shape index (κ2) is 11.3. The molecule has 2 fully saturated rings. The van der Waals surface area contributed by atoms with Crippen LogP contribution in [0.15, 0.2) is 60.7 Å². The van der Waals surface area contributed by atoms with Gasteiger partial charge in [0.2, 0.25) is 11.8 Å². The van der Waals surface area contributed by atoms with E-state index in [1.54, 1.807) is 0 Å². The molecule has 4 heteroatoms. The van der Waals surface area contributed by atoms with Crippen LogP contribution in [0.3, 0.4) is 0 Å². The first-order valence-electron chi connectivity index (χ1n) is 12.4. The molecule has 4 nitrogen and oxygen atoms in total. The lowest BCUT2D eigenvalue weighted by atomic mass is 9.86. The summed E-state index contributed by atoms with van der Waals surface area (Å²) in [6.07, 6.45) is 9.92. The molecule has 1 N–H and O–H groups in total. The van der Waals surface area contributed by atoms with E-state index in [1.807, 2.05) is 65.6 Å². The highest BCUT2D eigenvalue weighted by molar-refractivity contribution is 5.87. The van der Waals surface area contributed by atoms with Crippen molar-refractivity contribution in [2.24, 2.45) is 5.92 Å². The summed E-state index contributed by atoms with van der Waals surface area (Å²) in [4.78, 5) is 28.0. The second-order valence-electron chi connectivity index (χ2n) is 9.46. The molecule has 2 aromatic carbocycles. The maximum absolute atomic E-state index is 13.5. The molecular formula is C28H36N2O2. The van der Waals surface area contributed by atoms with Gasteiger partial charge in [0.05, 0.1) is 5.92 Å². The summed E-state index contributed by atoms with van der Waals surface area (Å²) in [5, 5.41) is 3.23. The SMILES string of the molecule is O=C(CCC1CCCCC1)NC1CCN(C(=O)C(c2ccccc2)c2ccccc2)CC1. The van der Waals surface area contributed by atoms with Crippen LogP contribution in [-0.4, -0.2) is 35.8 Å². The predicted octanol–water partition coefficient (Wildman–Crippen LogP) is 5.29. The van der Waals surface area contributed by atoms with E-state index < -0.39 is 0 Å². The topological polar surface area (TPSA) is 49.4 Å². The van der Waals surface area contributed by atoms with E-state index in [0.717, 1.165) is 36.3 Å². The number of rotatable bonds is 7. The number of hydrogen-bond donors (Lipinski definition) is 1. The van der Waals surface area contributed by atoms with Gasteiger partial charge >= 0.3 is 0 Å². The van der Waals surface area contributed by atoms with Crippen molar-refractivity contribution in [1.82, 2.24) is 10.2 Å². The minimum absolute atomic E-state index is 0.157. The Bertz CT molecular complexity index is 814. The summed E-state index contributed by atoms with van der Waals surface area (Å²) in [6, 6.07) is 20.3. The summed E-state index contributed by atoms with van der Waals surface area (Å²) in [5.41, 5.74) is 2.06. The predicted molar refractivity (Wildman–Crippen MR) is 128 cm³/mol. The van der Waals surface area contributed by atoms with Crippen molar-refractivity contribution < 1.29 is 9.59 Å². The molecule has 0 aromatic heterocycles. The standard InChI is InChI=1S/C28H36N2O2/c31-26(17-16-22-10-4-1-5-11-22)29-25-18-20-30(21-19-25)28(32)27(23-12-6-2-7-13-23)24-14-8-3-9-15-24/h2-3,6-9,12-15,22,25,27H,1,4-5,10-11,16-21H2,(H,29,31). The Morgan fingerprint density at radius 1 is 0.812 bits per heavy atom. The fourth-order valence-electron chi connectivity index (χ4n) is 5.31. The molecule has 0 radical (unpaired) electrons. The Morgan fingerprint density at radius 3 is 1.94 bits per heavy atom. The number of piperidine rings is 1. The van der Waals surface area contributed by atoms with Gasteiger partial charge in [-0.05, 0) is 36.3 Å². The molecule has 0 spiro atoms. The van der Waals surface area contributed by atoms with Crippen molar-refractivity contribution in [2.75, 3.05) is 13.1 Å². The number of nitrogens with zero attached hydrogens (tertiary/aromatic N) is 1. The van der Waals surface area contributed by atoms with E-state index in [0.29, 0.717) is 19.5 Å². The highest BCUT2D eigenvalue weighted by Crippen LogP contribution is 2.29. The third-order valence-electron chi connectivity index (χ3n) is 7.19. The summed E-state index contributed by atoms with van der Waals surface area (Å²) < 4.78 is 0. The molecule has 2 amide bonds. The molecule has 0 bridgehead atoms. The maximum atomic E-state index is 13.5. The van der Waals surface area contributed by atoms with Gasteiger partial charge in [0.1, 0.15) is 0 Å². The highest BCUT2D eigenvalue weighted by Gasteiger charge is 2.30. The number of hydrogen-bond acceptors (Lipinski definition) is 2. The Kier molecular flexibility index (Phi) is 7.97. The molecule has 0 atom stereocenters. The van der Waals surface area contributed by atoms with Crippen LogP contribution in [0.2, 0.25) is 0 Å². The van der Waals surface area contributed by atoms with Crippen LogP contribution in [0, 0.1) is 5.92 Å². The van der Waals surface area contributed by atoms with Crippen molar-refractivity contribution >= 4 is 11.8 Å². The zero-order chi connectivity index (χ0) is 22.2. The van der Waals surface area contributed by atoms with Gasteiger partial charge in [0, 0.05) is 25.6 Å². The van der Waals surface area contributed by atoms with Crippen molar-refractivity contribution in [3.8, 4) is 0 Å². The van der Waals surface area contributed by atoms with Crippen LogP contribution >= 0.6 is 0 Å². The Labute approximate surface area is 192 Å². The van der Waals surface area contributed by atoms with Gasteiger partial charge in [-0.1, -0.05) is 92.8 Å². The number of carbonyl (C=O) groups is 2. The average Bonchev–Trinajstić information content (AvgIpc) is 2.85. The third-order valence-corrected chi connectivity index (χ3v) is 7.19. The van der Waals surface area contributed by atoms with E-state index in [-0.39, 0.29) is 23.8 Å². The van der Waals surface area contributed by atoms with Crippen LogP contribution in [0.25, 0.3) is 0 Å². The minimum atomic E-state index is -0.279. The molecular weight excluding hydrogens is 396 g/mol. The molecule has 32 heavy (non-hydrogen) atoms. The lowest BCUT2D eigenvalue weighted by molar-refractivity contribution is -0.133. The van der Waals surface area contributed by atoms with Gasteiger partial charge < -0.3 is 10.2 Å². The molecule has 0 unspecified atom stereocenters. The van der Waals surface area contributed by atoms with Gasteiger partial charge in [-0.15, -0.1) is 0 Å². The third kappa shape index (κ3) is 5.99. The summed E-state index contributed by atoms with van der Waals surface area (Å²) in [5.74, 6) is 0.803.